The highest BCUT2D eigenvalue weighted by Gasteiger charge is 2.43. The molecule has 1 fully saturated rings. The zero-order valence-electron chi connectivity index (χ0n) is 9.89. The van der Waals surface area contributed by atoms with Crippen LogP contribution in [0.2, 0.25) is 0 Å². The first-order valence-electron chi connectivity index (χ1n) is 5.53. The van der Waals surface area contributed by atoms with E-state index in [-0.39, 0.29) is 0 Å². The lowest BCUT2D eigenvalue weighted by Gasteiger charge is -2.38. The van der Waals surface area contributed by atoms with Gasteiger partial charge in [0.15, 0.2) is 0 Å². The maximum absolute atomic E-state index is 10.5. The van der Waals surface area contributed by atoms with E-state index in [0.717, 1.165) is 18.3 Å². The molecule has 1 saturated carbocycles. The number of carbonyl (C=O) groups excluding carboxylic acids is 1. The maximum Gasteiger partial charge on any atom is 0.145 e. The standard InChI is InChI=1S/C13H22O/c1-11(10-14)6-9-13(4)8-5-7-12(13,2)3/h6,10H,5,7-9H2,1-4H3. The molecule has 1 unspecified atom stereocenters. The van der Waals surface area contributed by atoms with Crippen molar-refractivity contribution in [2.24, 2.45) is 10.8 Å². The highest BCUT2D eigenvalue weighted by Crippen LogP contribution is 2.54. The number of carbonyl (C=O) groups is 1. The first kappa shape index (κ1) is 11.5. The van der Waals surface area contributed by atoms with Crippen molar-refractivity contribution in [2.75, 3.05) is 0 Å². The third kappa shape index (κ3) is 2.08. The Morgan fingerprint density at radius 3 is 2.36 bits per heavy atom. The molecular weight excluding hydrogens is 172 g/mol. The quantitative estimate of drug-likeness (QED) is 0.494. The Hall–Kier alpha value is -0.590. The smallest absolute Gasteiger partial charge is 0.145 e. The van der Waals surface area contributed by atoms with Gasteiger partial charge in [-0.15, -0.1) is 0 Å². The third-order valence-corrected chi connectivity index (χ3v) is 4.22. The molecule has 0 amide bonds. The number of rotatable bonds is 3. The van der Waals surface area contributed by atoms with Gasteiger partial charge in [0.1, 0.15) is 6.29 Å². The van der Waals surface area contributed by atoms with Gasteiger partial charge in [0, 0.05) is 0 Å². The van der Waals surface area contributed by atoms with Crippen LogP contribution in [-0.2, 0) is 4.79 Å². The van der Waals surface area contributed by atoms with Gasteiger partial charge >= 0.3 is 0 Å². The van der Waals surface area contributed by atoms with Crippen molar-refractivity contribution in [3.8, 4) is 0 Å². The van der Waals surface area contributed by atoms with Gasteiger partial charge in [0.25, 0.3) is 0 Å². The van der Waals surface area contributed by atoms with Crippen LogP contribution in [0.1, 0.15) is 53.4 Å². The zero-order valence-corrected chi connectivity index (χ0v) is 9.89. The van der Waals surface area contributed by atoms with E-state index in [4.69, 9.17) is 0 Å². The third-order valence-electron chi connectivity index (χ3n) is 4.22. The zero-order chi connectivity index (χ0) is 10.8. The SMILES string of the molecule is CC(C=O)=CCC1(C)CCCC1(C)C. The molecule has 80 valence electrons. The Bertz CT molecular complexity index is 250. The molecule has 0 aliphatic heterocycles. The molecule has 0 spiro atoms. The van der Waals surface area contributed by atoms with Gasteiger partial charge in [-0.05, 0) is 42.6 Å². The molecule has 0 saturated heterocycles. The summed E-state index contributed by atoms with van der Waals surface area (Å²) < 4.78 is 0. The largest absolute Gasteiger partial charge is 0.298 e. The lowest BCUT2D eigenvalue weighted by atomic mass is 9.67. The van der Waals surface area contributed by atoms with E-state index in [2.05, 4.69) is 26.8 Å². The van der Waals surface area contributed by atoms with E-state index >= 15 is 0 Å². The molecule has 0 aromatic heterocycles. The molecule has 0 heterocycles. The van der Waals surface area contributed by atoms with E-state index in [1.165, 1.54) is 19.3 Å². The van der Waals surface area contributed by atoms with Crippen LogP contribution >= 0.6 is 0 Å². The average molecular weight is 194 g/mol. The average Bonchev–Trinajstić information content (AvgIpc) is 2.38. The Labute approximate surface area is 87.6 Å². The molecule has 1 rings (SSSR count). The molecular formula is C13H22O. The molecule has 1 nitrogen and oxygen atoms in total. The molecule has 0 bridgehead atoms. The number of hydrogen-bond donors (Lipinski definition) is 0. The molecule has 14 heavy (non-hydrogen) atoms. The van der Waals surface area contributed by atoms with Crippen LogP contribution in [0.3, 0.4) is 0 Å². The minimum atomic E-state index is 0.386. The van der Waals surface area contributed by atoms with Crippen LogP contribution in [0.15, 0.2) is 11.6 Å². The van der Waals surface area contributed by atoms with E-state index in [9.17, 15) is 4.79 Å². The predicted molar refractivity (Wildman–Crippen MR) is 60.2 cm³/mol. The lowest BCUT2D eigenvalue weighted by molar-refractivity contribution is -0.104. The summed E-state index contributed by atoms with van der Waals surface area (Å²) in [6.45, 7) is 8.95. The second kappa shape index (κ2) is 3.88. The van der Waals surface area contributed by atoms with Crippen LogP contribution in [0.25, 0.3) is 0 Å². The number of allylic oxidation sites excluding steroid dienone is 2. The summed E-state index contributed by atoms with van der Waals surface area (Å²) >= 11 is 0. The minimum absolute atomic E-state index is 0.386. The number of aldehydes is 1. The van der Waals surface area contributed by atoms with Crippen LogP contribution < -0.4 is 0 Å². The Morgan fingerprint density at radius 2 is 1.93 bits per heavy atom. The Balaban J connectivity index is 2.71. The molecule has 0 radical (unpaired) electrons. The molecule has 1 aliphatic carbocycles. The van der Waals surface area contributed by atoms with Gasteiger partial charge in [-0.25, -0.2) is 0 Å². The molecule has 0 aromatic carbocycles. The second-order valence-electron chi connectivity index (χ2n) is 5.57. The van der Waals surface area contributed by atoms with Crippen molar-refractivity contribution in [1.29, 1.82) is 0 Å². The van der Waals surface area contributed by atoms with Crippen molar-refractivity contribution in [3.63, 3.8) is 0 Å². The topological polar surface area (TPSA) is 17.1 Å². The predicted octanol–water partition coefficient (Wildman–Crippen LogP) is 3.74. The fourth-order valence-corrected chi connectivity index (χ4v) is 2.37. The second-order valence-corrected chi connectivity index (χ2v) is 5.57. The summed E-state index contributed by atoms with van der Waals surface area (Å²) in [6, 6.07) is 0. The highest BCUT2D eigenvalue weighted by atomic mass is 16.1. The van der Waals surface area contributed by atoms with Crippen LogP contribution in [0, 0.1) is 10.8 Å². The summed E-state index contributed by atoms with van der Waals surface area (Å²) in [7, 11) is 0. The summed E-state index contributed by atoms with van der Waals surface area (Å²) in [5.41, 5.74) is 1.68. The Kier molecular flexibility index (Phi) is 3.18. The van der Waals surface area contributed by atoms with Crippen molar-refractivity contribution in [3.05, 3.63) is 11.6 Å². The first-order valence-corrected chi connectivity index (χ1v) is 5.53. The Morgan fingerprint density at radius 1 is 1.29 bits per heavy atom. The van der Waals surface area contributed by atoms with Gasteiger partial charge in [0.2, 0.25) is 0 Å². The van der Waals surface area contributed by atoms with Gasteiger partial charge in [-0.2, -0.15) is 0 Å². The molecule has 0 aromatic rings. The maximum atomic E-state index is 10.5. The van der Waals surface area contributed by atoms with Gasteiger partial charge in [-0.1, -0.05) is 33.3 Å². The van der Waals surface area contributed by atoms with E-state index in [1.807, 2.05) is 6.92 Å². The van der Waals surface area contributed by atoms with E-state index in [0.29, 0.717) is 10.8 Å². The molecule has 0 N–H and O–H groups in total. The van der Waals surface area contributed by atoms with Gasteiger partial charge in [-0.3, -0.25) is 4.79 Å². The van der Waals surface area contributed by atoms with Crippen LogP contribution in [-0.4, -0.2) is 6.29 Å². The van der Waals surface area contributed by atoms with Gasteiger partial charge in [0.05, 0.1) is 0 Å². The molecule has 1 heteroatoms. The van der Waals surface area contributed by atoms with Crippen molar-refractivity contribution < 1.29 is 4.79 Å². The van der Waals surface area contributed by atoms with Crippen LogP contribution in [0.4, 0.5) is 0 Å². The summed E-state index contributed by atoms with van der Waals surface area (Å²) in [5.74, 6) is 0. The number of hydrogen-bond acceptors (Lipinski definition) is 1. The van der Waals surface area contributed by atoms with E-state index < -0.39 is 0 Å². The minimum Gasteiger partial charge on any atom is -0.298 e. The van der Waals surface area contributed by atoms with Crippen molar-refractivity contribution >= 4 is 6.29 Å². The summed E-state index contributed by atoms with van der Waals surface area (Å²) in [6.07, 6.45) is 8.04. The van der Waals surface area contributed by atoms with Gasteiger partial charge < -0.3 is 0 Å². The molecule has 1 aliphatic rings. The lowest BCUT2D eigenvalue weighted by Crippen LogP contribution is -2.28. The fraction of sp³-hybridized carbons (Fsp3) is 0.769. The van der Waals surface area contributed by atoms with E-state index in [1.54, 1.807) is 0 Å². The molecule has 1 atom stereocenters. The van der Waals surface area contributed by atoms with Crippen LogP contribution in [0.5, 0.6) is 0 Å². The first-order chi connectivity index (χ1) is 6.41. The monoisotopic (exact) mass is 194 g/mol. The highest BCUT2D eigenvalue weighted by molar-refractivity contribution is 5.71. The van der Waals surface area contributed by atoms with Crippen molar-refractivity contribution in [1.82, 2.24) is 0 Å². The fourth-order valence-electron chi connectivity index (χ4n) is 2.37. The summed E-state index contributed by atoms with van der Waals surface area (Å²) in [5, 5.41) is 0. The summed E-state index contributed by atoms with van der Waals surface area (Å²) in [4.78, 5) is 10.5. The normalized spacial score (nSPS) is 31.9. The van der Waals surface area contributed by atoms with Crippen molar-refractivity contribution in [2.45, 2.75) is 53.4 Å².